The Balaban J connectivity index is -0.0000000200. The minimum absolute atomic E-state index is 0. The third kappa shape index (κ3) is 44.8. The van der Waals surface area contributed by atoms with E-state index in [4.69, 9.17) is 0 Å². The van der Waals surface area contributed by atoms with Crippen molar-refractivity contribution in [1.29, 1.82) is 0 Å². The average molecular weight is 72.2 g/mol. The standard InChI is InChI=1S/C3H4.2CH4/c1-3-2;;/h1H,2H3;2*1H4. The highest BCUT2D eigenvalue weighted by molar-refractivity contribution is 4.73. The molecule has 0 amide bonds. The van der Waals surface area contributed by atoms with E-state index in [2.05, 4.69) is 12.3 Å². The van der Waals surface area contributed by atoms with Gasteiger partial charge in [0, 0.05) is 0 Å². The van der Waals surface area contributed by atoms with Crippen LogP contribution in [0.3, 0.4) is 0 Å². The molecule has 0 atom stereocenters. The Kier molecular flexibility index (Phi) is 353. The third-order valence-corrected chi connectivity index (χ3v) is 0. The van der Waals surface area contributed by atoms with Crippen LogP contribution in [-0.4, -0.2) is 0 Å². The average Bonchev–Trinajstić information content (AvgIpc) is 0.918. The van der Waals surface area contributed by atoms with Crippen molar-refractivity contribution in [2.24, 2.45) is 0 Å². The second kappa shape index (κ2) is 74.4. The van der Waals surface area contributed by atoms with Crippen molar-refractivity contribution < 1.29 is 0 Å². The summed E-state index contributed by atoms with van der Waals surface area (Å²) in [6.07, 6.45) is 4.60. The smallest absolute Gasteiger partial charge is 0.00297 e. The van der Waals surface area contributed by atoms with Crippen LogP contribution >= 0.6 is 0 Å². The predicted molar refractivity (Wildman–Crippen MR) is 28.0 cm³/mol. The quantitative estimate of drug-likeness (QED) is 0.383. The van der Waals surface area contributed by atoms with Crippen molar-refractivity contribution in [3.05, 3.63) is 0 Å². The maximum atomic E-state index is 4.60. The van der Waals surface area contributed by atoms with Crippen molar-refractivity contribution in [1.82, 2.24) is 0 Å². The maximum absolute atomic E-state index is 4.60. The van der Waals surface area contributed by atoms with Crippen LogP contribution in [-0.2, 0) is 0 Å². The topological polar surface area (TPSA) is 0 Å². The van der Waals surface area contributed by atoms with Crippen molar-refractivity contribution in [3.63, 3.8) is 0 Å². The Bertz CT molecular complexity index is 21.5. The van der Waals surface area contributed by atoms with Gasteiger partial charge in [0.15, 0.2) is 0 Å². The summed E-state index contributed by atoms with van der Waals surface area (Å²) in [5.41, 5.74) is 0. The molecule has 0 unspecified atom stereocenters. The summed E-state index contributed by atoms with van der Waals surface area (Å²) in [4.78, 5) is 0. The summed E-state index contributed by atoms with van der Waals surface area (Å²) < 4.78 is 0. The number of hydrogen-bond donors (Lipinski definition) is 0. The van der Waals surface area contributed by atoms with Crippen LogP contribution in [0.5, 0.6) is 0 Å². The van der Waals surface area contributed by atoms with Gasteiger partial charge in [0.25, 0.3) is 0 Å². The molecule has 0 heteroatoms. The van der Waals surface area contributed by atoms with E-state index in [-0.39, 0.29) is 14.9 Å². The molecule has 0 radical (unpaired) electrons. The highest BCUT2D eigenvalue weighted by Crippen LogP contribution is 1.21. The number of rotatable bonds is 0. The van der Waals surface area contributed by atoms with E-state index in [1.165, 1.54) is 0 Å². The van der Waals surface area contributed by atoms with Crippen LogP contribution in [0.2, 0.25) is 0 Å². The summed E-state index contributed by atoms with van der Waals surface area (Å²) >= 11 is 0. The molecule has 32 valence electrons. The van der Waals surface area contributed by atoms with Gasteiger partial charge in [0.05, 0.1) is 0 Å². The molecule has 0 aromatic heterocycles. The second-order valence-corrected chi connectivity index (χ2v) is 0.289. The molecule has 0 saturated heterocycles. The summed E-state index contributed by atoms with van der Waals surface area (Å²) in [5, 5.41) is 0. The maximum Gasteiger partial charge on any atom is -0.00297 e. The van der Waals surface area contributed by atoms with E-state index in [1.54, 1.807) is 6.92 Å². The molecule has 0 bridgehead atoms. The van der Waals surface area contributed by atoms with Gasteiger partial charge >= 0.3 is 0 Å². The van der Waals surface area contributed by atoms with Gasteiger partial charge in [-0.15, -0.1) is 12.3 Å². The molecule has 0 fully saturated rings. The van der Waals surface area contributed by atoms with Crippen LogP contribution < -0.4 is 0 Å². The molecule has 0 N–H and O–H groups in total. The first-order valence-corrected chi connectivity index (χ1v) is 0.789. The molecule has 0 aromatic carbocycles. The zero-order valence-electron chi connectivity index (χ0n) is 2.08. The zero-order chi connectivity index (χ0) is 2.71. The molecule has 0 aliphatic carbocycles. The van der Waals surface area contributed by atoms with Gasteiger partial charge < -0.3 is 0 Å². The molecule has 0 saturated carbocycles. The lowest BCUT2D eigenvalue weighted by atomic mass is 10.9. The number of hydrogen-bond acceptors (Lipinski definition) is 0. The Morgan fingerprint density at radius 3 is 1.40 bits per heavy atom. The Morgan fingerprint density at radius 2 is 1.40 bits per heavy atom. The fourth-order valence-electron chi connectivity index (χ4n) is 0. The molecule has 5 heavy (non-hydrogen) atoms. The van der Waals surface area contributed by atoms with Crippen molar-refractivity contribution in [2.75, 3.05) is 0 Å². The van der Waals surface area contributed by atoms with E-state index in [0.29, 0.717) is 0 Å². The Morgan fingerprint density at radius 1 is 1.40 bits per heavy atom. The lowest BCUT2D eigenvalue weighted by Crippen LogP contribution is -1.10. The van der Waals surface area contributed by atoms with Crippen LogP contribution in [0.25, 0.3) is 0 Å². The van der Waals surface area contributed by atoms with Crippen molar-refractivity contribution in [3.8, 4) is 12.3 Å². The van der Waals surface area contributed by atoms with E-state index >= 15 is 0 Å². The third-order valence-electron chi connectivity index (χ3n) is 0. The first-order valence-electron chi connectivity index (χ1n) is 0.789. The van der Waals surface area contributed by atoms with Crippen molar-refractivity contribution >= 4 is 0 Å². The predicted octanol–water partition coefficient (Wildman–Crippen LogP) is 1.91. The van der Waals surface area contributed by atoms with Gasteiger partial charge in [-0.1, -0.05) is 14.9 Å². The first kappa shape index (κ1) is 23.7. The van der Waals surface area contributed by atoms with Gasteiger partial charge in [0.2, 0.25) is 0 Å². The molecule has 0 spiro atoms. The fourth-order valence-corrected chi connectivity index (χ4v) is 0. The fraction of sp³-hybridized carbons (Fsp3) is 0.600. The molecular formula is C5H12. The monoisotopic (exact) mass is 72.1 g/mol. The number of terminal acetylenes is 1. The Labute approximate surface area is 35.2 Å². The van der Waals surface area contributed by atoms with Gasteiger partial charge in [0.1, 0.15) is 0 Å². The first-order chi connectivity index (χ1) is 1.41. The van der Waals surface area contributed by atoms with Crippen molar-refractivity contribution in [2.45, 2.75) is 21.8 Å². The van der Waals surface area contributed by atoms with Crippen LogP contribution in [0.1, 0.15) is 21.8 Å². The SMILES string of the molecule is C.C.C#CC. The molecule has 0 rings (SSSR count). The summed E-state index contributed by atoms with van der Waals surface area (Å²) in [5.74, 6) is 2.25. The van der Waals surface area contributed by atoms with E-state index in [0.717, 1.165) is 0 Å². The van der Waals surface area contributed by atoms with E-state index in [9.17, 15) is 0 Å². The normalized spacial score (nSPS) is 1.60. The zero-order valence-corrected chi connectivity index (χ0v) is 2.08. The molecule has 0 nitrogen and oxygen atoms in total. The minimum Gasteiger partial charge on any atom is -0.120 e. The van der Waals surface area contributed by atoms with Crippen LogP contribution in [0.15, 0.2) is 0 Å². The van der Waals surface area contributed by atoms with E-state index in [1.807, 2.05) is 0 Å². The highest BCUT2D eigenvalue weighted by atomic mass is 13.2. The second-order valence-electron chi connectivity index (χ2n) is 0.289. The lowest BCUT2D eigenvalue weighted by Gasteiger charge is -1.23. The van der Waals surface area contributed by atoms with Gasteiger partial charge in [-0.25, -0.2) is 0 Å². The van der Waals surface area contributed by atoms with E-state index < -0.39 is 0 Å². The molecule has 0 heterocycles. The van der Waals surface area contributed by atoms with Crippen LogP contribution in [0, 0.1) is 12.3 Å². The Hall–Kier alpha value is -0.440. The summed E-state index contributed by atoms with van der Waals surface area (Å²) in [6, 6.07) is 0. The van der Waals surface area contributed by atoms with Gasteiger partial charge in [-0.3, -0.25) is 0 Å². The molecule has 0 aliphatic rings. The molecular weight excluding hydrogens is 60.1 g/mol. The largest absolute Gasteiger partial charge is 0.120 e. The van der Waals surface area contributed by atoms with Crippen LogP contribution in [0.4, 0.5) is 0 Å². The minimum atomic E-state index is 0. The molecule has 0 aromatic rings. The van der Waals surface area contributed by atoms with Gasteiger partial charge in [-0.05, 0) is 6.92 Å². The lowest BCUT2D eigenvalue weighted by molar-refractivity contribution is 1.94. The molecule has 0 aliphatic heterocycles. The van der Waals surface area contributed by atoms with Gasteiger partial charge in [-0.2, -0.15) is 0 Å². The highest BCUT2D eigenvalue weighted by Gasteiger charge is 1.09. The summed E-state index contributed by atoms with van der Waals surface area (Å²) in [6.45, 7) is 1.65. The summed E-state index contributed by atoms with van der Waals surface area (Å²) in [7, 11) is 0.